The van der Waals surface area contributed by atoms with Gasteiger partial charge in [0.25, 0.3) is 5.69 Å². The summed E-state index contributed by atoms with van der Waals surface area (Å²) in [6, 6.07) is 0.982. The number of carbonyl (C=O) groups is 1. The van der Waals surface area contributed by atoms with Gasteiger partial charge in [0.05, 0.1) is 11.0 Å². The van der Waals surface area contributed by atoms with E-state index in [4.69, 9.17) is 0 Å². The lowest BCUT2D eigenvalue weighted by Gasteiger charge is -2.03. The minimum atomic E-state index is -1.34. The van der Waals surface area contributed by atoms with Crippen LogP contribution in [0.15, 0.2) is 12.1 Å². The van der Waals surface area contributed by atoms with Crippen molar-refractivity contribution in [2.45, 2.75) is 6.92 Å². The smallest absolute Gasteiger partial charge is 0.295 e. The van der Waals surface area contributed by atoms with Crippen molar-refractivity contribution in [3.63, 3.8) is 0 Å². The Kier molecular flexibility index (Phi) is 2.93. The summed E-state index contributed by atoms with van der Waals surface area (Å²) in [5.41, 5.74) is -1.06. The largest absolute Gasteiger partial charge is 0.321 e. The van der Waals surface area contributed by atoms with Gasteiger partial charge in [-0.2, -0.15) is 0 Å². The van der Waals surface area contributed by atoms with Crippen LogP contribution in [0.2, 0.25) is 0 Å². The molecule has 0 aromatic heterocycles. The lowest BCUT2D eigenvalue weighted by molar-refractivity contribution is -0.384. The normalized spacial score (nSPS) is 9.80. The van der Waals surface area contributed by atoms with Crippen molar-refractivity contribution >= 4 is 17.3 Å². The first-order valence-corrected chi connectivity index (χ1v) is 3.83. The molecule has 0 aliphatic rings. The Bertz CT molecular complexity index is 434. The topological polar surface area (TPSA) is 72.2 Å². The van der Waals surface area contributed by atoms with Crippen LogP contribution in [0.3, 0.4) is 0 Å². The number of nitrogens with one attached hydrogen (secondary N) is 1. The number of benzene rings is 1. The summed E-state index contributed by atoms with van der Waals surface area (Å²) in [7, 11) is 0. The molecule has 1 aromatic rings. The molecule has 0 atom stereocenters. The monoisotopic (exact) mass is 216 g/mol. The number of amides is 1. The predicted molar refractivity (Wildman–Crippen MR) is 47.3 cm³/mol. The summed E-state index contributed by atoms with van der Waals surface area (Å²) in [6.45, 7) is 1.10. The molecular formula is C8H6F2N2O3. The van der Waals surface area contributed by atoms with E-state index in [0.29, 0.717) is 12.1 Å². The van der Waals surface area contributed by atoms with E-state index in [-0.39, 0.29) is 5.69 Å². The van der Waals surface area contributed by atoms with Gasteiger partial charge >= 0.3 is 0 Å². The SMILES string of the molecule is CC(=O)Nc1cc(F)c(F)cc1[N+](=O)[O-]. The molecule has 1 aromatic carbocycles. The molecule has 0 heterocycles. The third-order valence-electron chi connectivity index (χ3n) is 1.55. The quantitative estimate of drug-likeness (QED) is 0.605. The molecule has 1 rings (SSSR count). The highest BCUT2D eigenvalue weighted by atomic mass is 19.2. The zero-order valence-electron chi connectivity index (χ0n) is 7.58. The van der Waals surface area contributed by atoms with Crippen LogP contribution in [0.4, 0.5) is 20.2 Å². The molecule has 0 unspecified atom stereocenters. The summed E-state index contributed by atoms with van der Waals surface area (Å²) < 4.78 is 25.4. The molecule has 1 amide bonds. The molecule has 0 aliphatic carbocycles. The Labute approximate surface area is 82.9 Å². The Balaban J connectivity index is 3.28. The number of rotatable bonds is 2. The van der Waals surface area contributed by atoms with Crippen LogP contribution in [-0.4, -0.2) is 10.8 Å². The van der Waals surface area contributed by atoms with E-state index >= 15 is 0 Å². The minimum Gasteiger partial charge on any atom is -0.321 e. The van der Waals surface area contributed by atoms with Crippen molar-refractivity contribution < 1.29 is 18.5 Å². The fourth-order valence-electron chi connectivity index (χ4n) is 0.977. The van der Waals surface area contributed by atoms with Gasteiger partial charge in [0.15, 0.2) is 11.6 Å². The molecule has 1 N–H and O–H groups in total. The lowest BCUT2D eigenvalue weighted by Crippen LogP contribution is -2.09. The lowest BCUT2D eigenvalue weighted by atomic mass is 10.2. The van der Waals surface area contributed by atoms with Crippen LogP contribution in [0.5, 0.6) is 0 Å². The highest BCUT2D eigenvalue weighted by molar-refractivity contribution is 5.91. The Morgan fingerprint density at radius 2 is 1.93 bits per heavy atom. The maximum absolute atomic E-state index is 12.7. The zero-order chi connectivity index (χ0) is 11.6. The van der Waals surface area contributed by atoms with Crippen molar-refractivity contribution in [2.75, 3.05) is 5.32 Å². The van der Waals surface area contributed by atoms with Gasteiger partial charge in [-0.15, -0.1) is 0 Å². The van der Waals surface area contributed by atoms with Crippen LogP contribution >= 0.6 is 0 Å². The summed E-state index contributed by atoms with van der Waals surface area (Å²) in [5, 5.41) is 12.5. The molecule has 80 valence electrons. The molecule has 0 bridgehead atoms. The molecular weight excluding hydrogens is 210 g/mol. The third kappa shape index (κ3) is 2.46. The molecule has 7 heteroatoms. The highest BCUT2D eigenvalue weighted by Gasteiger charge is 2.19. The number of nitro benzene ring substituents is 1. The Hall–Kier alpha value is -2.05. The van der Waals surface area contributed by atoms with Gasteiger partial charge in [0, 0.05) is 13.0 Å². The van der Waals surface area contributed by atoms with E-state index in [0.717, 1.165) is 6.92 Å². The number of halogens is 2. The van der Waals surface area contributed by atoms with Crippen molar-refractivity contribution in [3.8, 4) is 0 Å². The number of nitro groups is 1. The van der Waals surface area contributed by atoms with Gasteiger partial charge in [-0.05, 0) is 0 Å². The van der Waals surface area contributed by atoms with Crippen LogP contribution in [0.1, 0.15) is 6.92 Å². The van der Waals surface area contributed by atoms with Crippen molar-refractivity contribution in [3.05, 3.63) is 33.9 Å². The molecule has 0 saturated heterocycles. The maximum atomic E-state index is 12.7. The van der Waals surface area contributed by atoms with E-state index in [2.05, 4.69) is 0 Å². The van der Waals surface area contributed by atoms with Gasteiger partial charge in [-0.3, -0.25) is 14.9 Å². The van der Waals surface area contributed by atoms with Gasteiger partial charge in [-0.25, -0.2) is 8.78 Å². The van der Waals surface area contributed by atoms with E-state index in [9.17, 15) is 23.7 Å². The average molecular weight is 216 g/mol. The van der Waals surface area contributed by atoms with Crippen molar-refractivity contribution in [1.29, 1.82) is 0 Å². The Morgan fingerprint density at radius 1 is 1.40 bits per heavy atom. The number of nitrogens with zero attached hydrogens (tertiary/aromatic N) is 1. The molecule has 0 saturated carbocycles. The first kappa shape index (κ1) is 11.0. The van der Waals surface area contributed by atoms with E-state index in [1.165, 1.54) is 0 Å². The first-order chi connectivity index (χ1) is 6.91. The Morgan fingerprint density at radius 3 is 2.40 bits per heavy atom. The van der Waals surface area contributed by atoms with E-state index in [1.807, 2.05) is 5.32 Å². The third-order valence-corrected chi connectivity index (χ3v) is 1.55. The van der Waals surface area contributed by atoms with Gasteiger partial charge < -0.3 is 5.32 Å². The molecule has 0 radical (unpaired) electrons. The molecule has 15 heavy (non-hydrogen) atoms. The van der Waals surface area contributed by atoms with Gasteiger partial charge in [0.2, 0.25) is 5.91 Å². The van der Waals surface area contributed by atoms with Crippen molar-refractivity contribution in [1.82, 2.24) is 0 Å². The molecule has 0 aliphatic heterocycles. The summed E-state index contributed by atoms with van der Waals surface area (Å²) in [6.07, 6.45) is 0. The predicted octanol–water partition coefficient (Wildman–Crippen LogP) is 1.83. The van der Waals surface area contributed by atoms with E-state index < -0.39 is 28.2 Å². The number of hydrogen-bond donors (Lipinski definition) is 1. The average Bonchev–Trinajstić information content (AvgIpc) is 2.09. The zero-order valence-corrected chi connectivity index (χ0v) is 7.58. The summed E-state index contributed by atoms with van der Waals surface area (Å²) in [4.78, 5) is 20.2. The second-order valence-electron chi connectivity index (χ2n) is 2.72. The molecule has 0 fully saturated rings. The van der Waals surface area contributed by atoms with Crippen LogP contribution < -0.4 is 5.32 Å². The van der Waals surface area contributed by atoms with Gasteiger partial charge in [-0.1, -0.05) is 0 Å². The fraction of sp³-hybridized carbons (Fsp3) is 0.125. The molecule has 0 spiro atoms. The standard InChI is InChI=1S/C8H6F2N2O3/c1-4(13)11-7-2-5(9)6(10)3-8(7)12(14)15/h2-3H,1H3,(H,11,13). The van der Waals surface area contributed by atoms with Gasteiger partial charge in [0.1, 0.15) is 5.69 Å². The van der Waals surface area contributed by atoms with Crippen LogP contribution in [0, 0.1) is 21.7 Å². The number of carbonyl (C=O) groups excluding carboxylic acids is 1. The maximum Gasteiger partial charge on any atom is 0.295 e. The fourth-order valence-corrected chi connectivity index (χ4v) is 0.977. The van der Waals surface area contributed by atoms with Crippen LogP contribution in [0.25, 0.3) is 0 Å². The molecule has 5 nitrogen and oxygen atoms in total. The van der Waals surface area contributed by atoms with Crippen molar-refractivity contribution in [2.24, 2.45) is 0 Å². The summed E-state index contributed by atoms with van der Waals surface area (Å²) in [5.74, 6) is -3.20. The van der Waals surface area contributed by atoms with E-state index in [1.54, 1.807) is 0 Å². The second kappa shape index (κ2) is 3.99. The van der Waals surface area contributed by atoms with Crippen LogP contribution in [-0.2, 0) is 4.79 Å². The summed E-state index contributed by atoms with van der Waals surface area (Å²) >= 11 is 0. The minimum absolute atomic E-state index is 0.369. The second-order valence-corrected chi connectivity index (χ2v) is 2.72. The number of hydrogen-bond acceptors (Lipinski definition) is 3. The highest BCUT2D eigenvalue weighted by Crippen LogP contribution is 2.26. The first-order valence-electron chi connectivity index (χ1n) is 3.83. The number of anilines is 1.